The van der Waals surface area contributed by atoms with Crippen LogP contribution in [0, 0.1) is 11.8 Å². The lowest BCUT2D eigenvalue weighted by Gasteiger charge is -2.26. The Labute approximate surface area is 86.2 Å². The Morgan fingerprint density at radius 3 is 2.69 bits per heavy atom. The molecule has 2 aliphatic rings. The van der Waals surface area contributed by atoms with Gasteiger partial charge in [0, 0.05) is 10.5 Å². The fourth-order valence-electron chi connectivity index (χ4n) is 2.88. The van der Waals surface area contributed by atoms with Crippen molar-refractivity contribution in [1.29, 1.82) is 0 Å². The number of hydrogen-bond donors (Lipinski definition) is 0. The van der Waals surface area contributed by atoms with Gasteiger partial charge in [-0.05, 0) is 31.6 Å². The summed E-state index contributed by atoms with van der Waals surface area (Å²) in [5.74, 6) is 1.95. The van der Waals surface area contributed by atoms with E-state index in [2.05, 4.69) is 37.8 Å². The van der Waals surface area contributed by atoms with Crippen LogP contribution in [-0.4, -0.2) is 10.5 Å². The topological polar surface area (TPSA) is 0 Å². The molecule has 0 aromatic carbocycles. The van der Waals surface area contributed by atoms with E-state index in [1.807, 2.05) is 0 Å². The quantitative estimate of drug-likeness (QED) is 0.574. The normalized spacial score (nSPS) is 45.4. The lowest BCUT2D eigenvalue weighted by molar-refractivity contribution is 0.299. The van der Waals surface area contributed by atoms with E-state index in [0.29, 0.717) is 0 Å². The molecule has 1 saturated heterocycles. The van der Waals surface area contributed by atoms with Gasteiger partial charge in [0.2, 0.25) is 0 Å². The molecule has 0 nitrogen and oxygen atoms in total. The molecule has 1 saturated carbocycles. The minimum Gasteiger partial charge on any atom is -0.150 e. The maximum Gasteiger partial charge on any atom is 0.0258 e. The fourth-order valence-corrected chi connectivity index (χ4v) is 4.87. The maximum atomic E-state index is 2.45. The summed E-state index contributed by atoms with van der Waals surface area (Å²) >= 11 is 2.24. The minimum absolute atomic E-state index is 0.818. The number of rotatable bonds is 1. The monoisotopic (exact) mass is 196 g/mol. The summed E-state index contributed by atoms with van der Waals surface area (Å²) in [5.41, 5.74) is 0. The van der Waals surface area contributed by atoms with Crippen molar-refractivity contribution in [2.75, 3.05) is 0 Å². The van der Waals surface area contributed by atoms with Gasteiger partial charge < -0.3 is 0 Å². The molecule has 2 rings (SSSR count). The van der Waals surface area contributed by atoms with Crippen LogP contribution in [0.15, 0.2) is 12.2 Å². The molecule has 0 bridgehead atoms. The van der Waals surface area contributed by atoms with Crippen molar-refractivity contribution in [2.24, 2.45) is 11.8 Å². The summed E-state index contributed by atoms with van der Waals surface area (Å²) in [4.78, 5) is 0. The van der Waals surface area contributed by atoms with Crippen molar-refractivity contribution in [3.8, 4) is 0 Å². The third kappa shape index (κ3) is 1.81. The van der Waals surface area contributed by atoms with E-state index in [4.69, 9.17) is 0 Å². The van der Waals surface area contributed by atoms with E-state index in [0.717, 1.165) is 22.3 Å². The first-order chi connectivity index (χ1) is 6.33. The van der Waals surface area contributed by atoms with Crippen molar-refractivity contribution >= 4 is 11.8 Å². The molecular weight excluding hydrogens is 176 g/mol. The van der Waals surface area contributed by atoms with Crippen LogP contribution in [0.1, 0.15) is 39.5 Å². The molecule has 0 radical (unpaired) electrons. The van der Waals surface area contributed by atoms with Crippen LogP contribution in [0.4, 0.5) is 0 Å². The van der Waals surface area contributed by atoms with E-state index in [9.17, 15) is 0 Å². The highest BCUT2D eigenvalue weighted by molar-refractivity contribution is 8.01. The maximum absolute atomic E-state index is 2.45. The summed E-state index contributed by atoms with van der Waals surface area (Å²) in [5, 5.41) is 1.81. The highest BCUT2D eigenvalue weighted by atomic mass is 32.2. The molecule has 1 aliphatic carbocycles. The zero-order valence-corrected chi connectivity index (χ0v) is 9.52. The fraction of sp³-hybridized carbons (Fsp3) is 0.833. The molecule has 1 heterocycles. The van der Waals surface area contributed by atoms with Crippen LogP contribution in [0.25, 0.3) is 0 Å². The Hall–Kier alpha value is 0.0900. The molecule has 4 atom stereocenters. The number of fused-ring (bicyclic) bond motifs is 1. The number of allylic oxidation sites excluding steroid dienone is 1. The molecule has 1 aliphatic heterocycles. The van der Waals surface area contributed by atoms with E-state index in [-0.39, 0.29) is 0 Å². The van der Waals surface area contributed by atoms with E-state index >= 15 is 0 Å². The van der Waals surface area contributed by atoms with E-state index < -0.39 is 0 Å². The highest BCUT2D eigenvalue weighted by Gasteiger charge is 2.40. The second-order valence-electron chi connectivity index (χ2n) is 4.47. The molecule has 0 aromatic rings. The second kappa shape index (κ2) is 4.08. The van der Waals surface area contributed by atoms with Gasteiger partial charge in [0.15, 0.2) is 0 Å². The molecule has 4 unspecified atom stereocenters. The van der Waals surface area contributed by atoms with E-state index in [1.165, 1.54) is 25.7 Å². The van der Waals surface area contributed by atoms with Gasteiger partial charge in [-0.3, -0.25) is 0 Å². The van der Waals surface area contributed by atoms with Crippen LogP contribution in [0.3, 0.4) is 0 Å². The molecule has 2 fully saturated rings. The molecule has 0 amide bonds. The smallest absolute Gasteiger partial charge is 0.0258 e. The van der Waals surface area contributed by atoms with Crippen LogP contribution in [-0.2, 0) is 0 Å². The average Bonchev–Trinajstić information content (AvgIpc) is 2.46. The van der Waals surface area contributed by atoms with Crippen LogP contribution in [0.2, 0.25) is 0 Å². The predicted octanol–water partition coefficient (Wildman–Crippen LogP) is 3.87. The molecule has 0 aromatic heterocycles. The Morgan fingerprint density at radius 2 is 2.00 bits per heavy atom. The van der Waals surface area contributed by atoms with Gasteiger partial charge in [-0.1, -0.05) is 31.9 Å². The Morgan fingerprint density at radius 1 is 1.23 bits per heavy atom. The molecule has 13 heavy (non-hydrogen) atoms. The molecule has 1 heteroatoms. The first kappa shape index (κ1) is 9.64. The van der Waals surface area contributed by atoms with Gasteiger partial charge in [-0.25, -0.2) is 0 Å². The summed E-state index contributed by atoms with van der Waals surface area (Å²) in [6, 6.07) is 0. The van der Waals surface area contributed by atoms with Gasteiger partial charge in [0.05, 0.1) is 0 Å². The molecule has 0 spiro atoms. The lowest BCUT2D eigenvalue weighted by atomic mass is 9.79. The van der Waals surface area contributed by atoms with Crippen molar-refractivity contribution in [3.63, 3.8) is 0 Å². The third-order valence-corrected chi connectivity index (χ3v) is 5.50. The van der Waals surface area contributed by atoms with Gasteiger partial charge >= 0.3 is 0 Å². The third-order valence-electron chi connectivity index (χ3n) is 3.66. The Kier molecular flexibility index (Phi) is 3.02. The van der Waals surface area contributed by atoms with Gasteiger partial charge in [-0.15, -0.1) is 0 Å². The van der Waals surface area contributed by atoms with Crippen LogP contribution >= 0.6 is 11.8 Å². The van der Waals surface area contributed by atoms with Crippen LogP contribution < -0.4 is 0 Å². The Bertz CT molecular complexity index is 197. The molecule has 0 N–H and O–H groups in total. The van der Waals surface area contributed by atoms with Crippen LogP contribution in [0.5, 0.6) is 0 Å². The first-order valence-electron chi connectivity index (χ1n) is 5.61. The first-order valence-corrected chi connectivity index (χ1v) is 6.55. The Balaban J connectivity index is 2.04. The number of hydrogen-bond acceptors (Lipinski definition) is 1. The average molecular weight is 196 g/mol. The summed E-state index contributed by atoms with van der Waals surface area (Å²) in [7, 11) is 0. The lowest BCUT2D eigenvalue weighted by Crippen LogP contribution is -2.22. The van der Waals surface area contributed by atoms with Gasteiger partial charge in [-0.2, -0.15) is 11.8 Å². The zero-order valence-electron chi connectivity index (χ0n) is 8.70. The SMILES string of the molecule is C/C=C\C1SC2CCCCC2C1C. The predicted molar refractivity (Wildman–Crippen MR) is 61.1 cm³/mol. The summed E-state index contributed by atoms with van der Waals surface area (Å²) < 4.78 is 0. The minimum atomic E-state index is 0.818. The largest absolute Gasteiger partial charge is 0.150 e. The number of thioether (sulfide) groups is 1. The van der Waals surface area contributed by atoms with Gasteiger partial charge in [0.1, 0.15) is 0 Å². The second-order valence-corrected chi connectivity index (χ2v) is 5.89. The summed E-state index contributed by atoms with van der Waals surface area (Å²) in [6.45, 7) is 4.60. The zero-order chi connectivity index (χ0) is 9.26. The van der Waals surface area contributed by atoms with Crippen molar-refractivity contribution in [3.05, 3.63) is 12.2 Å². The highest BCUT2D eigenvalue weighted by Crippen LogP contribution is 2.49. The molecular formula is C12H20S. The van der Waals surface area contributed by atoms with Crippen molar-refractivity contribution < 1.29 is 0 Å². The van der Waals surface area contributed by atoms with Crippen molar-refractivity contribution in [1.82, 2.24) is 0 Å². The van der Waals surface area contributed by atoms with Gasteiger partial charge in [0.25, 0.3) is 0 Å². The van der Waals surface area contributed by atoms with E-state index in [1.54, 1.807) is 0 Å². The standard InChI is InChI=1S/C12H20S/c1-3-6-11-9(2)10-7-4-5-8-12(10)13-11/h3,6,9-12H,4-5,7-8H2,1-2H3/b6-3-. The summed E-state index contributed by atoms with van der Waals surface area (Å²) in [6.07, 6.45) is 10.6. The van der Waals surface area contributed by atoms with Crippen molar-refractivity contribution in [2.45, 2.75) is 50.0 Å². The molecule has 74 valence electrons.